The largest absolute Gasteiger partial charge is 0.481 e. The van der Waals surface area contributed by atoms with Gasteiger partial charge in [0.2, 0.25) is 0 Å². The number of carboxylic acid groups (broad SMARTS) is 1. The molecule has 0 radical (unpaired) electrons. The maximum atomic E-state index is 11.8. The van der Waals surface area contributed by atoms with Crippen molar-refractivity contribution in [3.05, 3.63) is 24.3 Å². The maximum absolute atomic E-state index is 11.8. The normalized spacial score (nSPS) is 11.7. The van der Waals surface area contributed by atoms with Crippen LogP contribution in [0.3, 0.4) is 0 Å². The van der Waals surface area contributed by atoms with E-state index in [0.717, 1.165) is 51.4 Å². The second-order valence-corrected chi connectivity index (χ2v) is 5.42. The lowest BCUT2D eigenvalue weighted by Gasteiger charge is -1.98. The first-order valence-corrected chi connectivity index (χ1v) is 8.35. The Morgan fingerprint density at radius 3 is 1.86 bits per heavy atom. The molecule has 1 N–H and O–H groups in total. The summed E-state index contributed by atoms with van der Waals surface area (Å²) in [7, 11) is 0. The lowest BCUT2D eigenvalue weighted by Crippen LogP contribution is -1.93. The SMILES string of the molecule is O=C(O)CCCCCCC/C=C\C/C=C\CCCCCF. The van der Waals surface area contributed by atoms with Crippen LogP contribution in [0.25, 0.3) is 0 Å². The van der Waals surface area contributed by atoms with Crippen molar-refractivity contribution < 1.29 is 14.3 Å². The molecule has 0 aliphatic rings. The van der Waals surface area contributed by atoms with Crippen LogP contribution in [0.4, 0.5) is 4.39 Å². The number of halogens is 1. The summed E-state index contributed by atoms with van der Waals surface area (Å²) >= 11 is 0. The Bertz CT molecular complexity index is 285. The average Bonchev–Trinajstić information content (AvgIpc) is 2.46. The molecule has 0 saturated heterocycles. The number of hydrogen-bond acceptors (Lipinski definition) is 1. The maximum Gasteiger partial charge on any atom is 0.303 e. The summed E-state index contributed by atoms with van der Waals surface area (Å²) < 4.78 is 11.8. The van der Waals surface area contributed by atoms with Gasteiger partial charge in [0.25, 0.3) is 0 Å². The lowest BCUT2D eigenvalue weighted by molar-refractivity contribution is -0.137. The third-order valence-electron chi connectivity index (χ3n) is 3.37. The molecule has 0 spiro atoms. The molecule has 0 aromatic heterocycles. The van der Waals surface area contributed by atoms with E-state index in [9.17, 15) is 9.18 Å². The molecule has 122 valence electrons. The Morgan fingerprint density at radius 2 is 1.29 bits per heavy atom. The van der Waals surface area contributed by atoms with Crippen LogP contribution >= 0.6 is 0 Å². The van der Waals surface area contributed by atoms with Crippen LogP contribution in [-0.4, -0.2) is 17.8 Å². The van der Waals surface area contributed by atoms with Gasteiger partial charge in [0.15, 0.2) is 0 Å². The second kappa shape index (κ2) is 16.9. The van der Waals surface area contributed by atoms with Gasteiger partial charge in [0.05, 0.1) is 6.67 Å². The van der Waals surface area contributed by atoms with Gasteiger partial charge in [-0.25, -0.2) is 0 Å². The molecule has 21 heavy (non-hydrogen) atoms. The molecule has 0 aromatic rings. The zero-order valence-corrected chi connectivity index (χ0v) is 13.2. The number of rotatable bonds is 15. The van der Waals surface area contributed by atoms with Crippen LogP contribution in [0, 0.1) is 0 Å². The molecule has 0 atom stereocenters. The van der Waals surface area contributed by atoms with Crippen LogP contribution in [-0.2, 0) is 4.79 Å². The first kappa shape index (κ1) is 19.9. The molecule has 0 saturated carbocycles. The fourth-order valence-corrected chi connectivity index (χ4v) is 2.11. The minimum Gasteiger partial charge on any atom is -0.481 e. The average molecular weight is 298 g/mol. The van der Waals surface area contributed by atoms with Crippen molar-refractivity contribution in [1.82, 2.24) is 0 Å². The Balaban J connectivity index is 3.18. The predicted octanol–water partition coefficient (Wildman–Crippen LogP) is 5.83. The van der Waals surface area contributed by atoms with Crippen LogP contribution in [0.2, 0.25) is 0 Å². The predicted molar refractivity (Wildman–Crippen MR) is 87.3 cm³/mol. The Hall–Kier alpha value is -1.12. The van der Waals surface area contributed by atoms with E-state index in [1.165, 1.54) is 12.8 Å². The highest BCUT2D eigenvalue weighted by atomic mass is 19.1. The number of hydrogen-bond donors (Lipinski definition) is 1. The van der Waals surface area contributed by atoms with E-state index < -0.39 is 5.97 Å². The topological polar surface area (TPSA) is 37.3 Å². The van der Waals surface area contributed by atoms with E-state index in [2.05, 4.69) is 24.3 Å². The van der Waals surface area contributed by atoms with E-state index in [1.807, 2.05) is 0 Å². The van der Waals surface area contributed by atoms with E-state index in [4.69, 9.17) is 5.11 Å². The first-order chi connectivity index (χ1) is 10.3. The summed E-state index contributed by atoms with van der Waals surface area (Å²) in [6.07, 6.45) is 20.4. The molecule has 3 heteroatoms. The molecule has 2 nitrogen and oxygen atoms in total. The van der Waals surface area contributed by atoms with Gasteiger partial charge in [-0.1, -0.05) is 50.0 Å². The quantitative estimate of drug-likeness (QED) is 0.305. The van der Waals surface area contributed by atoms with E-state index in [0.29, 0.717) is 12.8 Å². The van der Waals surface area contributed by atoms with Crippen LogP contribution in [0.5, 0.6) is 0 Å². The number of carbonyl (C=O) groups is 1. The second-order valence-electron chi connectivity index (χ2n) is 5.42. The van der Waals surface area contributed by atoms with E-state index in [-0.39, 0.29) is 6.67 Å². The molecular formula is C18H31FO2. The fraction of sp³-hybridized carbons (Fsp3) is 0.722. The van der Waals surface area contributed by atoms with Crippen molar-refractivity contribution >= 4 is 5.97 Å². The van der Waals surface area contributed by atoms with E-state index in [1.54, 1.807) is 0 Å². The van der Waals surface area contributed by atoms with Gasteiger partial charge >= 0.3 is 5.97 Å². The van der Waals surface area contributed by atoms with Gasteiger partial charge in [-0.15, -0.1) is 0 Å². The van der Waals surface area contributed by atoms with Gasteiger partial charge in [0.1, 0.15) is 0 Å². The summed E-state index contributed by atoms with van der Waals surface area (Å²) in [5.41, 5.74) is 0. The van der Waals surface area contributed by atoms with Crippen molar-refractivity contribution in [1.29, 1.82) is 0 Å². The summed E-state index contributed by atoms with van der Waals surface area (Å²) in [6, 6.07) is 0. The summed E-state index contributed by atoms with van der Waals surface area (Å²) in [5.74, 6) is -0.687. The Morgan fingerprint density at radius 1 is 0.762 bits per heavy atom. The van der Waals surface area contributed by atoms with Gasteiger partial charge in [-0.3, -0.25) is 9.18 Å². The number of carboxylic acids is 1. The van der Waals surface area contributed by atoms with Crippen molar-refractivity contribution in [3.63, 3.8) is 0 Å². The van der Waals surface area contributed by atoms with Crippen LogP contribution in [0.15, 0.2) is 24.3 Å². The minimum atomic E-state index is -0.687. The van der Waals surface area contributed by atoms with Crippen molar-refractivity contribution in [2.75, 3.05) is 6.67 Å². The third kappa shape index (κ3) is 18.9. The molecule has 0 amide bonds. The van der Waals surface area contributed by atoms with Crippen LogP contribution in [0.1, 0.15) is 77.0 Å². The van der Waals surface area contributed by atoms with Gasteiger partial charge < -0.3 is 5.11 Å². The standard InChI is InChI=1S/C18H31FO2/c19-17-15-13-11-9-7-5-3-1-2-4-6-8-10-12-14-16-18(20)21/h1-2,5,7H,3-4,6,8-17H2,(H,20,21)/b2-1-,7-5-. The number of allylic oxidation sites excluding steroid dienone is 4. The number of unbranched alkanes of at least 4 members (excludes halogenated alkanes) is 8. The monoisotopic (exact) mass is 298 g/mol. The summed E-state index contributed by atoms with van der Waals surface area (Å²) in [5, 5.41) is 8.50. The molecule has 0 rings (SSSR count). The molecule has 0 aliphatic carbocycles. The molecule has 0 heterocycles. The number of alkyl halides is 1. The smallest absolute Gasteiger partial charge is 0.303 e. The summed E-state index contributed by atoms with van der Waals surface area (Å²) in [6.45, 7) is -0.188. The Labute approximate surface area is 129 Å². The fourth-order valence-electron chi connectivity index (χ4n) is 2.11. The van der Waals surface area contributed by atoms with Crippen molar-refractivity contribution in [2.24, 2.45) is 0 Å². The third-order valence-corrected chi connectivity index (χ3v) is 3.37. The highest BCUT2D eigenvalue weighted by Gasteiger charge is 1.95. The minimum absolute atomic E-state index is 0.188. The highest BCUT2D eigenvalue weighted by molar-refractivity contribution is 5.66. The molecule has 0 bridgehead atoms. The highest BCUT2D eigenvalue weighted by Crippen LogP contribution is 2.08. The zero-order valence-electron chi connectivity index (χ0n) is 13.2. The zero-order chi connectivity index (χ0) is 15.6. The van der Waals surface area contributed by atoms with Crippen LogP contribution < -0.4 is 0 Å². The van der Waals surface area contributed by atoms with Gasteiger partial charge in [0, 0.05) is 6.42 Å². The molecule has 0 fully saturated rings. The molecule has 0 unspecified atom stereocenters. The Kier molecular flexibility index (Phi) is 16.0. The summed E-state index contributed by atoms with van der Waals surface area (Å²) in [4.78, 5) is 10.3. The van der Waals surface area contributed by atoms with Crippen molar-refractivity contribution in [2.45, 2.75) is 77.0 Å². The van der Waals surface area contributed by atoms with Crippen molar-refractivity contribution in [3.8, 4) is 0 Å². The van der Waals surface area contributed by atoms with E-state index >= 15 is 0 Å². The van der Waals surface area contributed by atoms with Gasteiger partial charge in [-0.05, 0) is 44.9 Å². The lowest BCUT2D eigenvalue weighted by atomic mass is 10.1. The number of aliphatic carboxylic acids is 1. The first-order valence-electron chi connectivity index (χ1n) is 8.35. The molecular weight excluding hydrogens is 267 g/mol. The molecule has 0 aromatic carbocycles. The molecule has 0 aliphatic heterocycles. The van der Waals surface area contributed by atoms with Gasteiger partial charge in [-0.2, -0.15) is 0 Å².